The van der Waals surface area contributed by atoms with Crippen LogP contribution in [0.4, 0.5) is 4.39 Å². The van der Waals surface area contributed by atoms with Gasteiger partial charge in [-0.25, -0.2) is 4.39 Å². The first kappa shape index (κ1) is 13.8. The number of aliphatic hydroxyl groups is 1. The molecule has 0 bridgehead atoms. The van der Waals surface area contributed by atoms with E-state index in [0.717, 1.165) is 25.9 Å². The predicted molar refractivity (Wildman–Crippen MR) is 71.2 cm³/mol. The van der Waals surface area contributed by atoms with E-state index in [4.69, 9.17) is 4.74 Å². The topological polar surface area (TPSA) is 41.5 Å². The van der Waals surface area contributed by atoms with Crippen molar-refractivity contribution in [2.75, 3.05) is 20.2 Å². The summed E-state index contributed by atoms with van der Waals surface area (Å²) in [5, 5.41) is 13.7. The second kappa shape index (κ2) is 5.99. The highest BCUT2D eigenvalue weighted by molar-refractivity contribution is 9.10. The Bertz CT molecular complexity index is 422. The van der Waals surface area contributed by atoms with Gasteiger partial charge in [0.2, 0.25) is 0 Å². The second-order valence-corrected chi connectivity index (χ2v) is 5.41. The first-order chi connectivity index (χ1) is 8.63. The number of methoxy groups -OCH3 is 1. The van der Waals surface area contributed by atoms with Crippen LogP contribution in [-0.4, -0.2) is 25.3 Å². The summed E-state index contributed by atoms with van der Waals surface area (Å²) in [5.41, 5.74) is 0.638. The van der Waals surface area contributed by atoms with Crippen LogP contribution in [0.15, 0.2) is 16.6 Å². The summed E-state index contributed by atoms with van der Waals surface area (Å²) in [7, 11) is 1.48. The lowest BCUT2D eigenvalue weighted by atomic mass is 9.89. The number of hydrogen-bond donors (Lipinski definition) is 2. The molecule has 1 aliphatic heterocycles. The molecule has 1 saturated heterocycles. The smallest absolute Gasteiger partial charge is 0.141 e. The summed E-state index contributed by atoms with van der Waals surface area (Å²) in [5.74, 6) is 0.156. The van der Waals surface area contributed by atoms with E-state index in [1.54, 1.807) is 6.07 Å². The van der Waals surface area contributed by atoms with E-state index < -0.39 is 6.10 Å². The van der Waals surface area contributed by atoms with Crippen molar-refractivity contribution in [3.8, 4) is 5.75 Å². The quantitative estimate of drug-likeness (QED) is 0.900. The Morgan fingerprint density at radius 3 is 2.94 bits per heavy atom. The number of nitrogens with one attached hydrogen (secondary N) is 1. The van der Waals surface area contributed by atoms with Crippen molar-refractivity contribution >= 4 is 15.9 Å². The maximum atomic E-state index is 13.4. The maximum Gasteiger partial charge on any atom is 0.141 e. The molecule has 2 unspecified atom stereocenters. The molecule has 2 N–H and O–H groups in total. The van der Waals surface area contributed by atoms with Crippen LogP contribution >= 0.6 is 15.9 Å². The van der Waals surface area contributed by atoms with Crippen LogP contribution in [0.3, 0.4) is 0 Å². The molecule has 0 radical (unpaired) electrons. The zero-order valence-electron chi connectivity index (χ0n) is 10.2. The summed E-state index contributed by atoms with van der Waals surface area (Å²) in [4.78, 5) is 0. The number of hydrogen-bond acceptors (Lipinski definition) is 3. The lowest BCUT2D eigenvalue weighted by Crippen LogP contribution is -2.33. The van der Waals surface area contributed by atoms with Gasteiger partial charge in [0.25, 0.3) is 0 Å². The third-order valence-electron chi connectivity index (χ3n) is 3.37. The van der Waals surface area contributed by atoms with Gasteiger partial charge in [0.1, 0.15) is 11.6 Å². The van der Waals surface area contributed by atoms with Crippen molar-refractivity contribution in [2.45, 2.75) is 18.9 Å². The number of benzene rings is 1. The Labute approximate surface area is 114 Å². The highest BCUT2D eigenvalue weighted by Gasteiger charge is 2.26. The van der Waals surface area contributed by atoms with Crippen LogP contribution in [0.25, 0.3) is 0 Å². The molecule has 1 aliphatic rings. The molecule has 1 heterocycles. The van der Waals surface area contributed by atoms with Crippen molar-refractivity contribution < 1.29 is 14.2 Å². The molecule has 1 fully saturated rings. The summed E-state index contributed by atoms with van der Waals surface area (Å²) >= 11 is 3.14. The normalized spacial score (nSPS) is 21.7. The van der Waals surface area contributed by atoms with E-state index in [0.29, 0.717) is 15.8 Å². The van der Waals surface area contributed by atoms with E-state index in [1.165, 1.54) is 13.2 Å². The maximum absolute atomic E-state index is 13.4. The summed E-state index contributed by atoms with van der Waals surface area (Å²) in [6.45, 7) is 1.77. The Hall–Kier alpha value is -0.650. The van der Waals surface area contributed by atoms with Crippen LogP contribution in [0.5, 0.6) is 5.75 Å². The third-order valence-corrected chi connectivity index (χ3v) is 3.98. The third kappa shape index (κ3) is 2.84. The first-order valence-corrected chi connectivity index (χ1v) is 6.84. The number of halogens is 2. The molecule has 18 heavy (non-hydrogen) atoms. The first-order valence-electron chi connectivity index (χ1n) is 6.05. The molecule has 2 atom stereocenters. The van der Waals surface area contributed by atoms with Crippen molar-refractivity contribution in [3.63, 3.8) is 0 Å². The van der Waals surface area contributed by atoms with Crippen molar-refractivity contribution in [3.05, 3.63) is 28.0 Å². The molecule has 100 valence electrons. The second-order valence-electron chi connectivity index (χ2n) is 4.56. The van der Waals surface area contributed by atoms with Gasteiger partial charge in [-0.05, 0) is 41.4 Å². The van der Waals surface area contributed by atoms with Gasteiger partial charge in [0, 0.05) is 24.1 Å². The number of rotatable bonds is 3. The molecular formula is C13H17BrFNO2. The Morgan fingerprint density at radius 1 is 1.56 bits per heavy atom. The Morgan fingerprint density at radius 2 is 2.33 bits per heavy atom. The predicted octanol–water partition coefficient (Wildman–Crippen LogP) is 2.63. The molecule has 0 amide bonds. The van der Waals surface area contributed by atoms with Crippen molar-refractivity contribution in [1.29, 1.82) is 0 Å². The van der Waals surface area contributed by atoms with Gasteiger partial charge in [0.05, 0.1) is 17.7 Å². The highest BCUT2D eigenvalue weighted by atomic mass is 79.9. The van der Waals surface area contributed by atoms with Crippen LogP contribution in [0, 0.1) is 11.7 Å². The minimum absolute atomic E-state index is 0.144. The number of ether oxygens (including phenoxy) is 1. The summed E-state index contributed by atoms with van der Waals surface area (Å²) < 4.78 is 18.9. The number of aliphatic hydroxyl groups excluding tert-OH is 1. The van der Waals surface area contributed by atoms with Gasteiger partial charge in [0.15, 0.2) is 0 Å². The molecule has 2 rings (SSSR count). The van der Waals surface area contributed by atoms with Crippen LogP contribution in [-0.2, 0) is 0 Å². The van der Waals surface area contributed by atoms with E-state index in [-0.39, 0.29) is 11.7 Å². The van der Waals surface area contributed by atoms with E-state index >= 15 is 0 Å². The number of piperidine rings is 1. The zero-order valence-corrected chi connectivity index (χ0v) is 11.8. The van der Waals surface area contributed by atoms with Crippen LogP contribution in [0.2, 0.25) is 0 Å². The van der Waals surface area contributed by atoms with E-state index in [2.05, 4.69) is 21.2 Å². The summed E-state index contributed by atoms with van der Waals surface area (Å²) in [6, 6.07) is 2.91. The molecule has 0 spiro atoms. The minimum Gasteiger partial charge on any atom is -0.496 e. The van der Waals surface area contributed by atoms with E-state index in [1.807, 2.05) is 0 Å². The zero-order chi connectivity index (χ0) is 13.1. The SMILES string of the molecule is COc1cc(F)c(Br)cc1C(O)C1CCCNC1. The molecule has 0 saturated carbocycles. The van der Waals surface area contributed by atoms with Gasteiger partial charge in [-0.1, -0.05) is 0 Å². The van der Waals surface area contributed by atoms with Crippen molar-refractivity contribution in [2.24, 2.45) is 5.92 Å². The average Bonchev–Trinajstić information content (AvgIpc) is 2.41. The lowest BCUT2D eigenvalue weighted by Gasteiger charge is -2.28. The fourth-order valence-electron chi connectivity index (χ4n) is 2.35. The molecular weight excluding hydrogens is 301 g/mol. The minimum atomic E-state index is -0.635. The molecule has 3 nitrogen and oxygen atoms in total. The van der Waals surface area contributed by atoms with Gasteiger partial charge >= 0.3 is 0 Å². The monoisotopic (exact) mass is 317 g/mol. The average molecular weight is 318 g/mol. The standard InChI is InChI=1S/C13H17BrFNO2/c1-18-12-6-11(15)10(14)5-9(12)13(17)8-3-2-4-16-7-8/h5-6,8,13,16-17H,2-4,7H2,1H3. The fraction of sp³-hybridized carbons (Fsp3) is 0.538. The van der Waals surface area contributed by atoms with Crippen molar-refractivity contribution in [1.82, 2.24) is 5.32 Å². The van der Waals surface area contributed by atoms with Gasteiger partial charge < -0.3 is 15.2 Å². The van der Waals surface area contributed by atoms with E-state index in [9.17, 15) is 9.50 Å². The summed E-state index contributed by atoms with van der Waals surface area (Å²) in [6.07, 6.45) is 1.38. The van der Waals surface area contributed by atoms with Gasteiger partial charge in [-0.3, -0.25) is 0 Å². The molecule has 0 aromatic heterocycles. The lowest BCUT2D eigenvalue weighted by molar-refractivity contribution is 0.0895. The van der Waals surface area contributed by atoms with Crippen LogP contribution < -0.4 is 10.1 Å². The largest absolute Gasteiger partial charge is 0.496 e. The van der Waals surface area contributed by atoms with Crippen LogP contribution in [0.1, 0.15) is 24.5 Å². The molecule has 0 aliphatic carbocycles. The molecule has 1 aromatic rings. The fourth-order valence-corrected chi connectivity index (χ4v) is 2.72. The highest BCUT2D eigenvalue weighted by Crippen LogP contribution is 2.36. The van der Waals surface area contributed by atoms with Gasteiger partial charge in [-0.2, -0.15) is 0 Å². The Kier molecular flexibility index (Phi) is 4.59. The van der Waals surface area contributed by atoms with Gasteiger partial charge in [-0.15, -0.1) is 0 Å². The molecule has 1 aromatic carbocycles. The molecule has 5 heteroatoms. The Balaban J connectivity index is 2.27.